The highest BCUT2D eigenvalue weighted by Crippen LogP contribution is 2.28. The Kier molecular flexibility index (Phi) is 6.83. The van der Waals surface area contributed by atoms with Crippen LogP contribution >= 0.6 is 24.0 Å². The molecule has 3 N–H and O–H groups in total. The number of amides is 1. The molecular formula is C20H19FN2O4S2. The van der Waals surface area contributed by atoms with Crippen LogP contribution in [0.1, 0.15) is 11.1 Å². The predicted octanol–water partition coefficient (Wildman–Crippen LogP) is 2.72. The van der Waals surface area contributed by atoms with Crippen molar-refractivity contribution in [3.05, 3.63) is 59.4 Å². The molecule has 0 spiro atoms. The van der Waals surface area contributed by atoms with E-state index in [1.165, 1.54) is 31.0 Å². The van der Waals surface area contributed by atoms with Crippen molar-refractivity contribution in [2.24, 2.45) is 5.73 Å². The molecule has 1 heterocycles. The molecule has 9 heteroatoms. The third-order valence-corrected chi connectivity index (χ3v) is 5.67. The number of esters is 1. The fourth-order valence-electron chi connectivity index (χ4n) is 2.80. The van der Waals surface area contributed by atoms with Gasteiger partial charge in [-0.3, -0.25) is 9.59 Å². The Morgan fingerprint density at radius 1 is 1.28 bits per heavy atom. The van der Waals surface area contributed by atoms with Crippen LogP contribution in [0, 0.1) is 5.82 Å². The summed E-state index contributed by atoms with van der Waals surface area (Å²) in [4.78, 5) is 23.1. The summed E-state index contributed by atoms with van der Waals surface area (Å²) in [6.45, 7) is 0. The lowest BCUT2D eigenvalue weighted by molar-refractivity contribution is -0.142. The number of methoxy groups -OCH3 is 1. The van der Waals surface area contributed by atoms with Crippen LogP contribution in [0.2, 0.25) is 0 Å². The number of thioether (sulfide) groups is 1. The predicted molar refractivity (Wildman–Crippen MR) is 112 cm³/mol. The molecular weight excluding hydrogens is 415 g/mol. The number of hydrogen-bond acceptors (Lipinski definition) is 7. The monoisotopic (exact) mass is 434 g/mol. The molecule has 0 aliphatic carbocycles. The summed E-state index contributed by atoms with van der Waals surface area (Å²) in [6.07, 6.45) is 0.704. The normalized spacial score (nSPS) is 17.0. The van der Waals surface area contributed by atoms with Crippen LogP contribution < -0.4 is 15.8 Å². The standard InChI is InChI=1S/C20H19FN2O4S2/c1-26-19(25)15(22)9-11-2-5-13(6-3-11)27-16-7-4-12(8-14(16)21)10-17-18(24)23-20(28)29-17/h2-8,15,17H,9-10,22H2,1H3,(H,23,24,28)/t15-,17?/m0/s1. The molecule has 1 aliphatic heterocycles. The van der Waals surface area contributed by atoms with Gasteiger partial charge in [-0.25, -0.2) is 4.39 Å². The average molecular weight is 435 g/mol. The van der Waals surface area contributed by atoms with Crippen LogP contribution in [0.25, 0.3) is 0 Å². The quantitative estimate of drug-likeness (QED) is 0.511. The van der Waals surface area contributed by atoms with Crippen molar-refractivity contribution in [3.8, 4) is 11.5 Å². The van der Waals surface area contributed by atoms with E-state index in [4.69, 9.17) is 22.7 Å². The molecule has 6 nitrogen and oxygen atoms in total. The highest BCUT2D eigenvalue weighted by molar-refractivity contribution is 8.24. The van der Waals surface area contributed by atoms with E-state index in [1.807, 2.05) is 0 Å². The fourth-order valence-corrected chi connectivity index (χ4v) is 4.11. The van der Waals surface area contributed by atoms with Crippen molar-refractivity contribution in [1.82, 2.24) is 5.32 Å². The SMILES string of the molecule is COC(=O)[C@@H](N)Cc1ccc(Oc2ccc(CC3SC(=S)NC3=O)cc2F)cc1. The molecule has 2 aromatic carbocycles. The number of benzene rings is 2. The lowest BCUT2D eigenvalue weighted by atomic mass is 10.1. The van der Waals surface area contributed by atoms with Gasteiger partial charge in [-0.2, -0.15) is 0 Å². The molecule has 0 aromatic heterocycles. The number of ether oxygens (including phenoxy) is 2. The molecule has 1 unspecified atom stereocenters. The van der Waals surface area contributed by atoms with Crippen molar-refractivity contribution in [1.29, 1.82) is 0 Å². The fraction of sp³-hybridized carbons (Fsp3) is 0.250. The summed E-state index contributed by atoms with van der Waals surface area (Å²) in [5.74, 6) is -0.643. The Morgan fingerprint density at radius 3 is 2.55 bits per heavy atom. The molecule has 1 saturated heterocycles. The maximum absolute atomic E-state index is 14.4. The van der Waals surface area contributed by atoms with Crippen molar-refractivity contribution in [2.45, 2.75) is 24.1 Å². The molecule has 1 fully saturated rings. The second-order valence-electron chi connectivity index (χ2n) is 6.43. The third-order valence-electron chi connectivity index (χ3n) is 4.30. The summed E-state index contributed by atoms with van der Waals surface area (Å²) in [7, 11) is 1.29. The van der Waals surface area contributed by atoms with Crippen molar-refractivity contribution in [2.75, 3.05) is 7.11 Å². The van der Waals surface area contributed by atoms with Crippen LogP contribution in [-0.4, -0.2) is 34.6 Å². The first-order chi connectivity index (χ1) is 13.9. The van der Waals surface area contributed by atoms with Crippen molar-refractivity contribution < 1.29 is 23.5 Å². The Balaban J connectivity index is 1.62. The van der Waals surface area contributed by atoms with Gasteiger partial charge in [-0.15, -0.1) is 0 Å². The first kappa shape index (κ1) is 21.2. The van der Waals surface area contributed by atoms with Crippen molar-refractivity contribution in [3.63, 3.8) is 0 Å². The van der Waals surface area contributed by atoms with Crippen LogP contribution in [0.4, 0.5) is 4.39 Å². The van der Waals surface area contributed by atoms with Gasteiger partial charge in [0.05, 0.1) is 12.4 Å². The molecule has 2 aromatic rings. The number of hydrogen-bond donors (Lipinski definition) is 2. The highest BCUT2D eigenvalue weighted by Gasteiger charge is 2.29. The van der Waals surface area contributed by atoms with E-state index in [2.05, 4.69) is 10.1 Å². The summed E-state index contributed by atoms with van der Waals surface area (Å²) in [6, 6.07) is 10.7. The molecule has 1 amide bonds. The Bertz CT molecular complexity index is 937. The Morgan fingerprint density at radius 2 is 1.97 bits per heavy atom. The number of carbonyl (C=O) groups is 2. The topological polar surface area (TPSA) is 90.7 Å². The van der Waals surface area contributed by atoms with E-state index < -0.39 is 17.8 Å². The van der Waals surface area contributed by atoms with Crippen molar-refractivity contribution >= 4 is 40.2 Å². The van der Waals surface area contributed by atoms with E-state index in [1.54, 1.807) is 30.3 Å². The molecule has 1 aliphatic rings. The van der Waals surface area contributed by atoms with Crippen LogP contribution in [0.3, 0.4) is 0 Å². The summed E-state index contributed by atoms with van der Waals surface area (Å²) >= 11 is 6.24. The lowest BCUT2D eigenvalue weighted by Gasteiger charge is -2.11. The van der Waals surface area contributed by atoms with E-state index in [-0.39, 0.29) is 16.9 Å². The maximum Gasteiger partial charge on any atom is 0.322 e. The Hall–Kier alpha value is -2.49. The summed E-state index contributed by atoms with van der Waals surface area (Å²) in [5.41, 5.74) is 7.25. The van der Waals surface area contributed by atoms with Gasteiger partial charge < -0.3 is 20.5 Å². The number of nitrogens with two attached hydrogens (primary N) is 1. The minimum Gasteiger partial charge on any atom is -0.468 e. The third kappa shape index (κ3) is 5.53. The smallest absolute Gasteiger partial charge is 0.322 e. The number of thiocarbonyl (C=S) groups is 1. The number of rotatable bonds is 7. The molecule has 0 saturated carbocycles. The van der Waals surface area contributed by atoms with Gasteiger partial charge in [-0.1, -0.05) is 42.2 Å². The summed E-state index contributed by atoms with van der Waals surface area (Å²) in [5, 5.41) is 2.23. The van der Waals surface area contributed by atoms with Gasteiger partial charge in [0.25, 0.3) is 0 Å². The largest absolute Gasteiger partial charge is 0.468 e. The zero-order chi connectivity index (χ0) is 21.0. The van der Waals surface area contributed by atoms with Gasteiger partial charge in [0, 0.05) is 0 Å². The van der Waals surface area contributed by atoms with E-state index >= 15 is 0 Å². The zero-order valence-electron chi connectivity index (χ0n) is 15.5. The summed E-state index contributed by atoms with van der Waals surface area (Å²) < 4.78 is 25.1. The molecule has 2 atom stereocenters. The molecule has 152 valence electrons. The van der Waals surface area contributed by atoms with Crippen LogP contribution in [-0.2, 0) is 27.2 Å². The number of carbonyl (C=O) groups excluding carboxylic acids is 2. The highest BCUT2D eigenvalue weighted by atomic mass is 32.2. The maximum atomic E-state index is 14.4. The molecule has 0 bridgehead atoms. The van der Waals surface area contributed by atoms with Crippen LogP contribution in [0.15, 0.2) is 42.5 Å². The average Bonchev–Trinajstić information content (AvgIpc) is 3.01. The lowest BCUT2D eigenvalue weighted by Crippen LogP contribution is -2.33. The first-order valence-electron chi connectivity index (χ1n) is 8.76. The molecule has 29 heavy (non-hydrogen) atoms. The van der Waals surface area contributed by atoms with E-state index in [0.29, 0.717) is 28.5 Å². The van der Waals surface area contributed by atoms with Gasteiger partial charge in [0.1, 0.15) is 16.1 Å². The van der Waals surface area contributed by atoms with Gasteiger partial charge in [-0.05, 0) is 48.2 Å². The van der Waals surface area contributed by atoms with E-state index in [9.17, 15) is 14.0 Å². The number of halogens is 1. The van der Waals surface area contributed by atoms with Crippen LogP contribution in [0.5, 0.6) is 11.5 Å². The second-order valence-corrected chi connectivity index (χ2v) is 8.31. The first-order valence-corrected chi connectivity index (χ1v) is 10.0. The molecule has 3 rings (SSSR count). The minimum atomic E-state index is -0.744. The van der Waals surface area contributed by atoms with Gasteiger partial charge >= 0.3 is 5.97 Å². The van der Waals surface area contributed by atoms with E-state index in [0.717, 1.165) is 5.56 Å². The molecule has 0 radical (unpaired) electrons. The van der Waals surface area contributed by atoms with Gasteiger partial charge in [0.15, 0.2) is 11.6 Å². The van der Waals surface area contributed by atoms with Gasteiger partial charge in [0.2, 0.25) is 5.91 Å². The second kappa shape index (κ2) is 9.34. The minimum absolute atomic E-state index is 0.0757. The Labute approximate surface area is 176 Å². The number of nitrogens with one attached hydrogen (secondary N) is 1. The zero-order valence-corrected chi connectivity index (χ0v) is 17.1.